The van der Waals surface area contributed by atoms with Crippen LogP contribution in [-0.4, -0.2) is 10.9 Å². The predicted octanol–water partition coefficient (Wildman–Crippen LogP) is 3.26. The van der Waals surface area contributed by atoms with Gasteiger partial charge in [-0.25, -0.2) is 0 Å². The molecule has 0 fully saturated rings. The number of amides is 1. The Morgan fingerprint density at radius 3 is 2.68 bits per heavy atom. The van der Waals surface area contributed by atoms with Gasteiger partial charge in [0.15, 0.2) is 5.76 Å². The lowest BCUT2D eigenvalue weighted by molar-refractivity contribution is -0.116. The first-order chi connectivity index (χ1) is 10.8. The van der Waals surface area contributed by atoms with E-state index in [1.807, 2.05) is 24.3 Å². The molecule has 0 atom stereocenters. The zero-order valence-electron chi connectivity index (χ0n) is 11.7. The SMILES string of the molecule is O=C(/C=C/c1ccco1)NCc1ccc(-c2ccco2)nc1. The summed E-state index contributed by atoms with van der Waals surface area (Å²) in [7, 11) is 0. The van der Waals surface area contributed by atoms with E-state index in [4.69, 9.17) is 8.83 Å². The second-order valence-electron chi connectivity index (χ2n) is 4.60. The maximum atomic E-state index is 11.7. The summed E-state index contributed by atoms with van der Waals surface area (Å²) in [5.41, 5.74) is 1.67. The second-order valence-corrected chi connectivity index (χ2v) is 4.60. The third-order valence-electron chi connectivity index (χ3n) is 3.01. The Morgan fingerprint density at radius 1 is 1.14 bits per heavy atom. The summed E-state index contributed by atoms with van der Waals surface area (Å²) in [4.78, 5) is 16.0. The molecule has 110 valence electrons. The maximum absolute atomic E-state index is 11.7. The summed E-state index contributed by atoms with van der Waals surface area (Å²) < 4.78 is 10.4. The number of carbonyl (C=O) groups excluding carboxylic acids is 1. The fourth-order valence-electron chi connectivity index (χ4n) is 1.89. The molecule has 0 unspecified atom stereocenters. The number of nitrogens with one attached hydrogen (secondary N) is 1. The van der Waals surface area contributed by atoms with Crippen LogP contribution >= 0.6 is 0 Å². The minimum Gasteiger partial charge on any atom is -0.465 e. The number of carbonyl (C=O) groups is 1. The smallest absolute Gasteiger partial charge is 0.244 e. The van der Waals surface area contributed by atoms with E-state index in [2.05, 4.69) is 10.3 Å². The van der Waals surface area contributed by atoms with Gasteiger partial charge in [-0.1, -0.05) is 6.07 Å². The van der Waals surface area contributed by atoms with E-state index in [1.54, 1.807) is 36.9 Å². The Kier molecular flexibility index (Phi) is 4.15. The van der Waals surface area contributed by atoms with Crippen molar-refractivity contribution in [2.24, 2.45) is 0 Å². The lowest BCUT2D eigenvalue weighted by Crippen LogP contribution is -2.20. The van der Waals surface area contributed by atoms with E-state index in [0.717, 1.165) is 17.0 Å². The molecule has 0 saturated carbocycles. The molecule has 0 aliphatic rings. The number of hydrogen-bond donors (Lipinski definition) is 1. The van der Waals surface area contributed by atoms with E-state index in [1.165, 1.54) is 6.08 Å². The molecule has 3 heterocycles. The summed E-state index contributed by atoms with van der Waals surface area (Å²) in [6.45, 7) is 0.409. The number of rotatable bonds is 5. The van der Waals surface area contributed by atoms with Crippen molar-refractivity contribution >= 4 is 12.0 Å². The van der Waals surface area contributed by atoms with Crippen molar-refractivity contribution in [1.82, 2.24) is 10.3 Å². The minimum atomic E-state index is -0.188. The largest absolute Gasteiger partial charge is 0.465 e. The fraction of sp³-hybridized carbons (Fsp3) is 0.0588. The number of pyridine rings is 1. The molecule has 0 bridgehead atoms. The lowest BCUT2D eigenvalue weighted by Gasteiger charge is -2.03. The van der Waals surface area contributed by atoms with Gasteiger partial charge in [0.25, 0.3) is 0 Å². The normalized spacial score (nSPS) is 10.9. The highest BCUT2D eigenvalue weighted by molar-refractivity contribution is 5.91. The van der Waals surface area contributed by atoms with Gasteiger partial charge < -0.3 is 14.2 Å². The Morgan fingerprint density at radius 2 is 2.00 bits per heavy atom. The maximum Gasteiger partial charge on any atom is 0.244 e. The highest BCUT2D eigenvalue weighted by atomic mass is 16.3. The summed E-state index contributed by atoms with van der Waals surface area (Å²) in [5, 5.41) is 2.78. The van der Waals surface area contributed by atoms with E-state index in [-0.39, 0.29) is 5.91 Å². The van der Waals surface area contributed by atoms with Crippen LogP contribution in [0.3, 0.4) is 0 Å². The molecule has 22 heavy (non-hydrogen) atoms. The van der Waals surface area contributed by atoms with Gasteiger partial charge in [-0.15, -0.1) is 0 Å². The molecule has 0 aliphatic heterocycles. The first-order valence-corrected chi connectivity index (χ1v) is 6.79. The first kappa shape index (κ1) is 13.9. The first-order valence-electron chi connectivity index (χ1n) is 6.79. The molecule has 0 saturated heterocycles. The van der Waals surface area contributed by atoms with E-state index >= 15 is 0 Å². The quantitative estimate of drug-likeness (QED) is 0.733. The van der Waals surface area contributed by atoms with Crippen molar-refractivity contribution in [3.63, 3.8) is 0 Å². The average Bonchev–Trinajstić information content (AvgIpc) is 3.24. The van der Waals surface area contributed by atoms with Crippen LogP contribution in [0, 0.1) is 0 Å². The zero-order chi connectivity index (χ0) is 15.2. The molecular formula is C17H14N2O3. The molecule has 1 amide bonds. The Bertz CT molecular complexity index is 742. The third-order valence-corrected chi connectivity index (χ3v) is 3.01. The minimum absolute atomic E-state index is 0.188. The number of hydrogen-bond acceptors (Lipinski definition) is 4. The molecule has 5 heteroatoms. The van der Waals surface area contributed by atoms with Gasteiger partial charge in [-0.3, -0.25) is 9.78 Å². The van der Waals surface area contributed by atoms with Crippen LogP contribution in [0.4, 0.5) is 0 Å². The standard InChI is InChI=1S/C17H14N2O3/c20-17(8-6-14-3-1-9-21-14)19-12-13-5-7-15(18-11-13)16-4-2-10-22-16/h1-11H,12H2,(H,19,20)/b8-6+. The molecule has 5 nitrogen and oxygen atoms in total. The fourth-order valence-corrected chi connectivity index (χ4v) is 1.89. The van der Waals surface area contributed by atoms with Gasteiger partial charge >= 0.3 is 0 Å². The van der Waals surface area contributed by atoms with Crippen LogP contribution in [0.2, 0.25) is 0 Å². The molecule has 3 aromatic heterocycles. The Balaban J connectivity index is 1.54. The topological polar surface area (TPSA) is 68.3 Å². The highest BCUT2D eigenvalue weighted by Crippen LogP contribution is 2.16. The van der Waals surface area contributed by atoms with Gasteiger partial charge in [-0.2, -0.15) is 0 Å². The van der Waals surface area contributed by atoms with E-state index < -0.39 is 0 Å². The second kappa shape index (κ2) is 6.58. The number of nitrogens with zero attached hydrogens (tertiary/aromatic N) is 1. The van der Waals surface area contributed by atoms with Gasteiger partial charge in [0, 0.05) is 18.8 Å². The van der Waals surface area contributed by atoms with E-state index in [0.29, 0.717) is 12.3 Å². The Labute approximate surface area is 127 Å². The van der Waals surface area contributed by atoms with Crippen molar-refractivity contribution < 1.29 is 13.6 Å². The van der Waals surface area contributed by atoms with Crippen molar-refractivity contribution in [3.8, 4) is 11.5 Å². The van der Waals surface area contributed by atoms with Crippen LogP contribution in [-0.2, 0) is 11.3 Å². The van der Waals surface area contributed by atoms with Crippen LogP contribution in [0.5, 0.6) is 0 Å². The molecule has 3 rings (SSSR count). The van der Waals surface area contributed by atoms with Crippen molar-refractivity contribution in [1.29, 1.82) is 0 Å². The summed E-state index contributed by atoms with van der Waals surface area (Å²) in [6, 6.07) is 11.0. The lowest BCUT2D eigenvalue weighted by atomic mass is 10.2. The summed E-state index contributed by atoms with van der Waals surface area (Å²) in [6.07, 6.45) is 7.94. The molecule has 0 spiro atoms. The van der Waals surface area contributed by atoms with Gasteiger partial charge in [0.1, 0.15) is 11.5 Å². The van der Waals surface area contributed by atoms with Crippen molar-refractivity contribution in [3.05, 3.63) is 72.5 Å². The van der Waals surface area contributed by atoms with Crippen LogP contribution in [0.15, 0.2) is 70.0 Å². The summed E-state index contributed by atoms with van der Waals surface area (Å²) >= 11 is 0. The highest BCUT2D eigenvalue weighted by Gasteiger charge is 2.03. The number of furan rings is 2. The number of aromatic nitrogens is 1. The van der Waals surface area contributed by atoms with Gasteiger partial charge in [0.2, 0.25) is 5.91 Å². The summed E-state index contributed by atoms with van der Waals surface area (Å²) in [5.74, 6) is 1.17. The van der Waals surface area contributed by atoms with E-state index in [9.17, 15) is 4.79 Å². The van der Waals surface area contributed by atoms with Crippen LogP contribution in [0.1, 0.15) is 11.3 Å². The third kappa shape index (κ3) is 3.52. The predicted molar refractivity (Wildman–Crippen MR) is 81.5 cm³/mol. The Hall–Kier alpha value is -3.08. The molecule has 1 N–H and O–H groups in total. The van der Waals surface area contributed by atoms with Crippen LogP contribution < -0.4 is 5.32 Å². The molecule has 0 radical (unpaired) electrons. The molecule has 3 aromatic rings. The van der Waals surface area contributed by atoms with Crippen molar-refractivity contribution in [2.45, 2.75) is 6.54 Å². The molecular weight excluding hydrogens is 280 g/mol. The van der Waals surface area contributed by atoms with Gasteiger partial charge in [0.05, 0.1) is 12.5 Å². The molecule has 0 aliphatic carbocycles. The monoisotopic (exact) mass is 294 g/mol. The van der Waals surface area contributed by atoms with Gasteiger partial charge in [-0.05, 0) is 42.0 Å². The molecule has 0 aromatic carbocycles. The zero-order valence-corrected chi connectivity index (χ0v) is 11.7. The average molecular weight is 294 g/mol. The van der Waals surface area contributed by atoms with Crippen LogP contribution in [0.25, 0.3) is 17.5 Å². The van der Waals surface area contributed by atoms with Crippen molar-refractivity contribution in [2.75, 3.05) is 0 Å².